The highest BCUT2D eigenvalue weighted by Gasteiger charge is 2.28. The Bertz CT molecular complexity index is 540. The third-order valence-electron chi connectivity index (χ3n) is 2.81. The predicted octanol–water partition coefficient (Wildman–Crippen LogP) is 2.07. The van der Waals surface area contributed by atoms with E-state index < -0.39 is 39.9 Å². The molecule has 0 bridgehead atoms. The standard InChI is InChI=1S/C13H15ClO6/c1-6(4-14)3-8(16)9-10(17)7(5-15)11(18)13(20-2)12(9)19/h5-6,17-19H,3-4H2,1-2H3. The Morgan fingerprint density at radius 3 is 2.35 bits per heavy atom. The molecular weight excluding hydrogens is 288 g/mol. The van der Waals surface area contributed by atoms with Crippen LogP contribution in [0.2, 0.25) is 0 Å². The molecule has 1 unspecified atom stereocenters. The summed E-state index contributed by atoms with van der Waals surface area (Å²) in [6.07, 6.45) is 0.144. The fourth-order valence-electron chi connectivity index (χ4n) is 1.75. The van der Waals surface area contributed by atoms with Gasteiger partial charge in [-0.05, 0) is 5.92 Å². The van der Waals surface area contributed by atoms with Crippen LogP contribution in [0.4, 0.5) is 0 Å². The zero-order valence-corrected chi connectivity index (χ0v) is 11.8. The van der Waals surface area contributed by atoms with Crippen molar-refractivity contribution in [2.24, 2.45) is 5.92 Å². The minimum absolute atomic E-state index is 0.0309. The Hall–Kier alpha value is -1.95. The highest BCUT2D eigenvalue weighted by molar-refractivity contribution is 6.18. The highest BCUT2D eigenvalue weighted by atomic mass is 35.5. The molecule has 0 aromatic heterocycles. The number of phenols is 3. The first-order valence-corrected chi connectivity index (χ1v) is 6.31. The number of Topliss-reactive ketones (excluding diaryl/α,β-unsaturated/α-hetero) is 1. The molecule has 1 aromatic rings. The molecule has 0 saturated carbocycles. The van der Waals surface area contributed by atoms with Crippen molar-refractivity contribution >= 4 is 23.7 Å². The molecule has 1 atom stereocenters. The van der Waals surface area contributed by atoms with Crippen LogP contribution in [0.5, 0.6) is 23.0 Å². The van der Waals surface area contributed by atoms with Gasteiger partial charge in [0.2, 0.25) is 5.75 Å². The molecule has 1 rings (SSSR count). The summed E-state index contributed by atoms with van der Waals surface area (Å²) in [6.45, 7) is 1.72. The second kappa shape index (κ2) is 6.47. The molecule has 3 N–H and O–H groups in total. The minimum atomic E-state index is -0.775. The molecular formula is C13H15ClO6. The number of phenolic OH excluding ortho intramolecular Hbond substituents is 3. The first-order valence-electron chi connectivity index (χ1n) is 5.78. The van der Waals surface area contributed by atoms with E-state index >= 15 is 0 Å². The molecule has 110 valence electrons. The maximum atomic E-state index is 12.1. The van der Waals surface area contributed by atoms with Gasteiger partial charge in [-0.3, -0.25) is 9.59 Å². The maximum Gasteiger partial charge on any atom is 0.204 e. The lowest BCUT2D eigenvalue weighted by Gasteiger charge is -2.15. The summed E-state index contributed by atoms with van der Waals surface area (Å²) in [7, 11) is 1.15. The quantitative estimate of drug-likeness (QED) is 0.422. The maximum absolute atomic E-state index is 12.1. The van der Waals surface area contributed by atoms with Crippen LogP contribution in [0.1, 0.15) is 34.1 Å². The molecule has 20 heavy (non-hydrogen) atoms. The third-order valence-corrected chi connectivity index (χ3v) is 3.34. The Balaban J connectivity index is 3.46. The van der Waals surface area contributed by atoms with E-state index in [2.05, 4.69) is 0 Å². The van der Waals surface area contributed by atoms with E-state index in [0.717, 1.165) is 7.11 Å². The van der Waals surface area contributed by atoms with Crippen molar-refractivity contribution in [2.45, 2.75) is 13.3 Å². The Labute approximate surface area is 120 Å². The number of methoxy groups -OCH3 is 1. The van der Waals surface area contributed by atoms with Gasteiger partial charge in [-0.15, -0.1) is 11.6 Å². The molecule has 1 aromatic carbocycles. The number of ketones is 1. The monoisotopic (exact) mass is 302 g/mol. The van der Waals surface area contributed by atoms with E-state index in [0.29, 0.717) is 0 Å². The first-order chi connectivity index (χ1) is 9.38. The number of halogens is 1. The lowest BCUT2D eigenvalue weighted by Crippen LogP contribution is -2.09. The van der Waals surface area contributed by atoms with Gasteiger partial charge in [-0.25, -0.2) is 0 Å². The summed E-state index contributed by atoms with van der Waals surface area (Å²) in [4.78, 5) is 23.0. The van der Waals surface area contributed by atoms with Crippen LogP contribution in [0, 0.1) is 5.92 Å². The normalized spacial score (nSPS) is 11.9. The van der Waals surface area contributed by atoms with Gasteiger partial charge in [-0.1, -0.05) is 6.92 Å². The number of rotatable bonds is 6. The van der Waals surface area contributed by atoms with Crippen molar-refractivity contribution in [1.29, 1.82) is 0 Å². The van der Waals surface area contributed by atoms with Gasteiger partial charge < -0.3 is 20.1 Å². The summed E-state index contributed by atoms with van der Waals surface area (Å²) < 4.78 is 4.75. The molecule has 0 aliphatic carbocycles. The highest BCUT2D eigenvalue weighted by Crippen LogP contribution is 2.47. The number of benzene rings is 1. The van der Waals surface area contributed by atoms with Gasteiger partial charge in [0.05, 0.1) is 7.11 Å². The molecule has 0 radical (unpaired) electrons. The number of aldehydes is 1. The van der Waals surface area contributed by atoms with E-state index in [1.807, 2.05) is 0 Å². The summed E-state index contributed by atoms with van der Waals surface area (Å²) in [5.41, 5.74) is -0.972. The van der Waals surface area contributed by atoms with Crippen LogP contribution in [-0.2, 0) is 0 Å². The Morgan fingerprint density at radius 1 is 1.30 bits per heavy atom. The summed E-state index contributed by atoms with van der Waals surface area (Å²) in [6, 6.07) is 0. The molecule has 7 heteroatoms. The number of carbonyl (C=O) groups is 2. The molecule has 0 heterocycles. The van der Waals surface area contributed by atoms with E-state index in [1.54, 1.807) is 6.92 Å². The number of alkyl halides is 1. The SMILES string of the molecule is COc1c(O)c(C=O)c(O)c(C(=O)CC(C)CCl)c1O. The lowest BCUT2D eigenvalue weighted by molar-refractivity contribution is 0.0962. The zero-order valence-electron chi connectivity index (χ0n) is 11.0. The van der Waals surface area contributed by atoms with Crippen molar-refractivity contribution in [3.63, 3.8) is 0 Å². The van der Waals surface area contributed by atoms with Crippen LogP contribution in [-0.4, -0.2) is 40.4 Å². The van der Waals surface area contributed by atoms with Gasteiger partial charge in [0.1, 0.15) is 16.9 Å². The zero-order chi connectivity index (χ0) is 15.4. The van der Waals surface area contributed by atoms with Gasteiger partial charge in [0.25, 0.3) is 0 Å². The average Bonchev–Trinajstić information content (AvgIpc) is 2.39. The van der Waals surface area contributed by atoms with Gasteiger partial charge in [-0.2, -0.15) is 0 Å². The van der Waals surface area contributed by atoms with Crippen molar-refractivity contribution in [1.82, 2.24) is 0 Å². The number of ether oxygens (including phenoxy) is 1. The fraction of sp³-hybridized carbons (Fsp3) is 0.385. The smallest absolute Gasteiger partial charge is 0.204 e. The van der Waals surface area contributed by atoms with Crippen LogP contribution < -0.4 is 4.74 Å². The molecule has 0 saturated heterocycles. The minimum Gasteiger partial charge on any atom is -0.506 e. The lowest BCUT2D eigenvalue weighted by atomic mass is 9.96. The molecule has 0 aliphatic rings. The topological polar surface area (TPSA) is 104 Å². The second-order valence-corrected chi connectivity index (χ2v) is 4.68. The Morgan fingerprint density at radius 2 is 1.90 bits per heavy atom. The fourth-order valence-corrected chi connectivity index (χ4v) is 1.86. The van der Waals surface area contributed by atoms with E-state index in [-0.39, 0.29) is 24.5 Å². The van der Waals surface area contributed by atoms with Crippen molar-refractivity contribution in [3.8, 4) is 23.0 Å². The second-order valence-electron chi connectivity index (χ2n) is 4.37. The van der Waals surface area contributed by atoms with Gasteiger partial charge >= 0.3 is 0 Å². The van der Waals surface area contributed by atoms with Crippen LogP contribution in [0.25, 0.3) is 0 Å². The van der Waals surface area contributed by atoms with Gasteiger partial charge in [0.15, 0.2) is 23.6 Å². The molecule has 6 nitrogen and oxygen atoms in total. The molecule has 0 spiro atoms. The number of hydrogen-bond acceptors (Lipinski definition) is 6. The molecule has 0 aliphatic heterocycles. The summed E-state index contributed by atoms with van der Waals surface area (Å²) in [5, 5.41) is 29.5. The number of aromatic hydroxyl groups is 3. The van der Waals surface area contributed by atoms with E-state index in [4.69, 9.17) is 16.3 Å². The summed E-state index contributed by atoms with van der Waals surface area (Å²) >= 11 is 5.61. The molecule has 0 amide bonds. The number of hydrogen-bond donors (Lipinski definition) is 3. The first kappa shape index (κ1) is 16.1. The van der Waals surface area contributed by atoms with Crippen LogP contribution in [0.15, 0.2) is 0 Å². The molecule has 0 fully saturated rings. The van der Waals surface area contributed by atoms with Crippen molar-refractivity contribution < 1.29 is 29.6 Å². The van der Waals surface area contributed by atoms with Crippen molar-refractivity contribution in [3.05, 3.63) is 11.1 Å². The third kappa shape index (κ3) is 2.80. The van der Waals surface area contributed by atoms with E-state index in [9.17, 15) is 24.9 Å². The average molecular weight is 303 g/mol. The van der Waals surface area contributed by atoms with Crippen LogP contribution in [0.3, 0.4) is 0 Å². The van der Waals surface area contributed by atoms with Crippen LogP contribution >= 0.6 is 11.6 Å². The summed E-state index contributed by atoms with van der Waals surface area (Å²) in [5.74, 6) is -3.20. The van der Waals surface area contributed by atoms with E-state index in [1.165, 1.54) is 0 Å². The largest absolute Gasteiger partial charge is 0.506 e. The van der Waals surface area contributed by atoms with Crippen molar-refractivity contribution in [2.75, 3.05) is 13.0 Å². The predicted molar refractivity (Wildman–Crippen MR) is 72.2 cm³/mol. The van der Waals surface area contributed by atoms with Gasteiger partial charge in [0, 0.05) is 12.3 Å². The Kier molecular flexibility index (Phi) is 5.21. The number of carbonyl (C=O) groups excluding carboxylic acids is 2.